The standard InChI is InChI=1S/C10H10BN3/c1-11-13-9-5-3-2-4-8(9)10-6-7-12-14(10)11/h2-7,13H,1H3. The molecule has 0 bridgehead atoms. The maximum absolute atomic E-state index is 4.29. The van der Waals surface area contributed by atoms with Crippen LogP contribution in [0.15, 0.2) is 36.5 Å². The molecule has 0 fully saturated rings. The van der Waals surface area contributed by atoms with E-state index in [2.05, 4.69) is 35.3 Å². The molecular weight excluding hydrogens is 173 g/mol. The Labute approximate surface area is 82.9 Å². The zero-order valence-corrected chi connectivity index (χ0v) is 7.94. The zero-order valence-electron chi connectivity index (χ0n) is 7.94. The van der Waals surface area contributed by atoms with Crippen molar-refractivity contribution in [3.63, 3.8) is 0 Å². The number of benzene rings is 1. The van der Waals surface area contributed by atoms with E-state index >= 15 is 0 Å². The Morgan fingerprint density at radius 1 is 1.29 bits per heavy atom. The van der Waals surface area contributed by atoms with E-state index in [0.29, 0.717) is 0 Å². The number of aromatic nitrogens is 2. The molecule has 3 rings (SSSR count). The zero-order chi connectivity index (χ0) is 9.54. The molecule has 0 amide bonds. The number of anilines is 1. The van der Waals surface area contributed by atoms with Crippen molar-refractivity contribution in [2.75, 3.05) is 5.23 Å². The Bertz CT molecular complexity index is 478. The van der Waals surface area contributed by atoms with Crippen LogP contribution < -0.4 is 5.23 Å². The van der Waals surface area contributed by atoms with Gasteiger partial charge in [-0.25, -0.2) is 0 Å². The third-order valence-electron chi connectivity index (χ3n) is 2.60. The number of hydrogen-bond donors (Lipinski definition) is 1. The molecule has 0 radical (unpaired) electrons. The molecule has 1 aromatic carbocycles. The lowest BCUT2D eigenvalue weighted by atomic mass is 9.77. The monoisotopic (exact) mass is 183 g/mol. The van der Waals surface area contributed by atoms with Gasteiger partial charge in [-0.1, -0.05) is 18.2 Å². The third kappa shape index (κ3) is 0.908. The van der Waals surface area contributed by atoms with E-state index in [1.807, 2.05) is 22.9 Å². The van der Waals surface area contributed by atoms with E-state index in [9.17, 15) is 0 Å². The number of rotatable bonds is 0. The van der Waals surface area contributed by atoms with Gasteiger partial charge in [0, 0.05) is 17.4 Å². The second-order valence-electron chi connectivity index (χ2n) is 3.53. The lowest BCUT2D eigenvalue weighted by molar-refractivity contribution is 0.957. The van der Waals surface area contributed by atoms with Gasteiger partial charge in [0.25, 0.3) is 0 Å². The largest absolute Gasteiger partial charge is 0.408 e. The fourth-order valence-electron chi connectivity index (χ4n) is 1.95. The first-order chi connectivity index (χ1) is 6.86. The van der Waals surface area contributed by atoms with Crippen LogP contribution in [-0.2, 0) is 0 Å². The molecule has 1 aliphatic heterocycles. The topological polar surface area (TPSA) is 29.9 Å². The molecule has 14 heavy (non-hydrogen) atoms. The van der Waals surface area contributed by atoms with Gasteiger partial charge in [-0.05, 0) is 19.0 Å². The molecule has 1 aromatic heterocycles. The lowest BCUT2D eigenvalue weighted by Gasteiger charge is -2.23. The van der Waals surface area contributed by atoms with Gasteiger partial charge in [0.15, 0.2) is 0 Å². The summed E-state index contributed by atoms with van der Waals surface area (Å²) in [5, 5.41) is 7.69. The predicted octanol–water partition coefficient (Wildman–Crippen LogP) is 1.94. The second-order valence-corrected chi connectivity index (χ2v) is 3.53. The van der Waals surface area contributed by atoms with E-state index in [-0.39, 0.29) is 6.98 Å². The van der Waals surface area contributed by atoms with Crippen LogP contribution >= 0.6 is 0 Å². The first kappa shape index (κ1) is 7.68. The van der Waals surface area contributed by atoms with Gasteiger partial charge in [-0.15, -0.1) is 0 Å². The van der Waals surface area contributed by atoms with E-state index in [4.69, 9.17) is 0 Å². The minimum Gasteiger partial charge on any atom is -0.408 e. The van der Waals surface area contributed by atoms with Crippen molar-refractivity contribution in [1.82, 2.24) is 9.69 Å². The molecule has 0 atom stereocenters. The third-order valence-corrected chi connectivity index (χ3v) is 2.60. The van der Waals surface area contributed by atoms with Crippen molar-refractivity contribution in [2.45, 2.75) is 6.82 Å². The number of nitrogens with zero attached hydrogens (tertiary/aromatic N) is 2. The minimum atomic E-state index is 0.231. The first-order valence-corrected chi connectivity index (χ1v) is 4.76. The van der Waals surface area contributed by atoms with Gasteiger partial charge in [0.05, 0.1) is 5.69 Å². The summed E-state index contributed by atoms with van der Waals surface area (Å²) in [7, 11) is 0. The van der Waals surface area contributed by atoms with E-state index < -0.39 is 0 Å². The van der Waals surface area contributed by atoms with Gasteiger partial charge in [0.2, 0.25) is 0 Å². The highest BCUT2D eigenvalue weighted by atomic mass is 15.3. The predicted molar refractivity (Wildman–Crippen MR) is 58.3 cm³/mol. The molecule has 68 valence electrons. The molecule has 2 aromatic rings. The Morgan fingerprint density at radius 3 is 3.07 bits per heavy atom. The van der Waals surface area contributed by atoms with Crippen molar-refractivity contribution in [3.8, 4) is 11.3 Å². The summed E-state index contributed by atoms with van der Waals surface area (Å²) in [6, 6.07) is 10.4. The molecule has 1 aliphatic rings. The summed E-state index contributed by atoms with van der Waals surface area (Å²) < 4.78 is 2.00. The second kappa shape index (κ2) is 2.64. The van der Waals surface area contributed by atoms with Gasteiger partial charge >= 0.3 is 6.98 Å². The van der Waals surface area contributed by atoms with Crippen molar-refractivity contribution in [2.24, 2.45) is 0 Å². The summed E-state index contributed by atoms with van der Waals surface area (Å²) in [6.07, 6.45) is 1.84. The Balaban J connectivity index is 2.29. The summed E-state index contributed by atoms with van der Waals surface area (Å²) >= 11 is 0. The lowest BCUT2D eigenvalue weighted by Crippen LogP contribution is -2.35. The smallest absolute Gasteiger partial charge is 0.392 e. The maximum Gasteiger partial charge on any atom is 0.392 e. The first-order valence-electron chi connectivity index (χ1n) is 4.76. The number of para-hydroxylation sites is 1. The number of nitrogens with one attached hydrogen (secondary N) is 1. The van der Waals surface area contributed by atoms with Gasteiger partial charge in [0.1, 0.15) is 0 Å². The molecule has 2 heterocycles. The van der Waals surface area contributed by atoms with Crippen molar-refractivity contribution in [1.29, 1.82) is 0 Å². The molecule has 0 spiro atoms. The van der Waals surface area contributed by atoms with Gasteiger partial charge in [-0.3, -0.25) is 4.59 Å². The summed E-state index contributed by atoms with van der Waals surface area (Å²) in [5.41, 5.74) is 3.60. The molecule has 0 saturated heterocycles. The molecule has 0 aliphatic carbocycles. The Kier molecular flexibility index (Phi) is 1.45. The molecule has 1 N–H and O–H groups in total. The molecular formula is C10H10BN3. The van der Waals surface area contributed by atoms with E-state index in [1.54, 1.807) is 0 Å². The van der Waals surface area contributed by atoms with Gasteiger partial charge in [-0.2, -0.15) is 5.10 Å². The average molecular weight is 183 g/mol. The van der Waals surface area contributed by atoms with Crippen LogP contribution in [0.5, 0.6) is 0 Å². The van der Waals surface area contributed by atoms with Crippen LogP contribution in [0.4, 0.5) is 5.69 Å². The molecule has 3 nitrogen and oxygen atoms in total. The quantitative estimate of drug-likeness (QED) is 0.632. The highest BCUT2D eigenvalue weighted by Crippen LogP contribution is 2.31. The number of hydrogen-bond acceptors (Lipinski definition) is 2. The van der Waals surface area contributed by atoms with Crippen LogP contribution in [0, 0.1) is 0 Å². The van der Waals surface area contributed by atoms with Crippen LogP contribution in [0.2, 0.25) is 6.82 Å². The average Bonchev–Trinajstić information content (AvgIpc) is 2.67. The fraction of sp³-hybridized carbons (Fsp3) is 0.100. The highest BCUT2D eigenvalue weighted by molar-refractivity contribution is 6.60. The summed E-state index contributed by atoms with van der Waals surface area (Å²) in [6.45, 7) is 2.34. The van der Waals surface area contributed by atoms with Crippen LogP contribution in [0.1, 0.15) is 0 Å². The van der Waals surface area contributed by atoms with Gasteiger partial charge < -0.3 is 5.23 Å². The summed E-state index contributed by atoms with van der Waals surface area (Å²) in [4.78, 5) is 0. The fourth-order valence-corrected chi connectivity index (χ4v) is 1.95. The molecule has 4 heteroatoms. The highest BCUT2D eigenvalue weighted by Gasteiger charge is 2.23. The number of fused-ring (bicyclic) bond motifs is 3. The maximum atomic E-state index is 4.29. The molecule has 0 unspecified atom stereocenters. The SMILES string of the molecule is CB1Nc2ccccc2-c2ccnn21. The Morgan fingerprint density at radius 2 is 2.14 bits per heavy atom. The summed E-state index contributed by atoms with van der Waals surface area (Å²) in [5.74, 6) is 0. The van der Waals surface area contributed by atoms with Crippen LogP contribution in [0.25, 0.3) is 11.3 Å². The molecule has 0 saturated carbocycles. The van der Waals surface area contributed by atoms with Crippen LogP contribution in [0.3, 0.4) is 0 Å². The van der Waals surface area contributed by atoms with E-state index in [1.165, 1.54) is 16.9 Å². The van der Waals surface area contributed by atoms with Crippen molar-refractivity contribution < 1.29 is 0 Å². The van der Waals surface area contributed by atoms with E-state index in [0.717, 1.165) is 0 Å². The normalized spacial score (nSPS) is 13.1. The van der Waals surface area contributed by atoms with Crippen molar-refractivity contribution in [3.05, 3.63) is 36.5 Å². The van der Waals surface area contributed by atoms with Crippen LogP contribution in [-0.4, -0.2) is 16.7 Å². The van der Waals surface area contributed by atoms with Crippen molar-refractivity contribution >= 4 is 12.7 Å². The minimum absolute atomic E-state index is 0.231. The Hall–Kier alpha value is -1.71.